The normalized spacial score (nSPS) is 18.7. The van der Waals surface area contributed by atoms with Gasteiger partial charge in [-0.1, -0.05) is 28.1 Å². The maximum absolute atomic E-state index is 12.1. The molecule has 3 rings (SSSR count). The number of ether oxygens (including phenoxy) is 1. The summed E-state index contributed by atoms with van der Waals surface area (Å²) in [5.74, 6) is 0.755. The van der Waals surface area contributed by atoms with Crippen LogP contribution >= 0.6 is 15.9 Å². The molecule has 1 aromatic carbocycles. The number of amides is 1. The molecule has 1 aliphatic heterocycles. The van der Waals surface area contributed by atoms with Crippen LogP contribution in [0.1, 0.15) is 17.4 Å². The molecule has 0 aliphatic carbocycles. The lowest BCUT2D eigenvalue weighted by Crippen LogP contribution is -2.44. The van der Waals surface area contributed by atoms with Crippen LogP contribution in [-0.2, 0) is 16.1 Å². The van der Waals surface area contributed by atoms with E-state index >= 15 is 0 Å². The average molecular weight is 379 g/mol. The van der Waals surface area contributed by atoms with Crippen molar-refractivity contribution in [3.8, 4) is 0 Å². The number of carbonyl (C=O) groups is 1. The number of rotatable bonds is 5. The van der Waals surface area contributed by atoms with Gasteiger partial charge in [0, 0.05) is 17.6 Å². The predicted octanol–water partition coefficient (Wildman–Crippen LogP) is 2.73. The van der Waals surface area contributed by atoms with Crippen LogP contribution in [0.2, 0.25) is 0 Å². The van der Waals surface area contributed by atoms with Gasteiger partial charge in [-0.05, 0) is 29.8 Å². The minimum absolute atomic E-state index is 0.00199. The molecule has 1 saturated heterocycles. The largest absolute Gasteiger partial charge is 0.467 e. The highest BCUT2D eigenvalue weighted by molar-refractivity contribution is 9.10. The van der Waals surface area contributed by atoms with Crippen LogP contribution in [0.25, 0.3) is 0 Å². The summed E-state index contributed by atoms with van der Waals surface area (Å²) in [5, 5.41) is 2.87. The molecule has 1 aromatic heterocycles. The first-order valence-electron chi connectivity index (χ1n) is 7.59. The molecule has 2 aromatic rings. The zero-order valence-corrected chi connectivity index (χ0v) is 14.3. The number of hydrogen-bond acceptors (Lipinski definition) is 4. The van der Waals surface area contributed by atoms with Gasteiger partial charge in [-0.25, -0.2) is 0 Å². The Morgan fingerprint density at radius 1 is 1.30 bits per heavy atom. The molecule has 1 atom stereocenters. The van der Waals surface area contributed by atoms with Crippen molar-refractivity contribution in [3.63, 3.8) is 0 Å². The Balaban J connectivity index is 1.50. The Labute approximate surface area is 143 Å². The summed E-state index contributed by atoms with van der Waals surface area (Å²) in [5.41, 5.74) is 1.13. The van der Waals surface area contributed by atoms with Crippen LogP contribution in [0.3, 0.4) is 0 Å². The van der Waals surface area contributed by atoms with Gasteiger partial charge in [0.2, 0.25) is 5.91 Å². The fraction of sp³-hybridized carbons (Fsp3) is 0.353. The van der Waals surface area contributed by atoms with Gasteiger partial charge in [0.15, 0.2) is 0 Å². The molecule has 6 heteroatoms. The molecular formula is C17H19BrN2O3. The second-order valence-corrected chi connectivity index (χ2v) is 6.42. The smallest absolute Gasteiger partial charge is 0.234 e. The van der Waals surface area contributed by atoms with Gasteiger partial charge >= 0.3 is 0 Å². The van der Waals surface area contributed by atoms with Gasteiger partial charge in [0.1, 0.15) is 5.76 Å². The third kappa shape index (κ3) is 4.67. The van der Waals surface area contributed by atoms with Crippen molar-refractivity contribution in [3.05, 3.63) is 58.5 Å². The maximum Gasteiger partial charge on any atom is 0.234 e. The molecule has 0 saturated carbocycles. The maximum atomic E-state index is 12.1. The summed E-state index contributed by atoms with van der Waals surface area (Å²) in [6.07, 6.45) is 1.61. The topological polar surface area (TPSA) is 54.7 Å². The van der Waals surface area contributed by atoms with Crippen molar-refractivity contribution in [2.24, 2.45) is 0 Å². The van der Waals surface area contributed by atoms with Crippen molar-refractivity contribution in [1.82, 2.24) is 10.2 Å². The summed E-state index contributed by atoms with van der Waals surface area (Å²) in [7, 11) is 0. The van der Waals surface area contributed by atoms with E-state index in [1.54, 1.807) is 6.26 Å². The molecule has 2 heterocycles. The molecule has 1 amide bonds. The SMILES string of the molecule is O=C(CN1CCOC(c2ccc(Br)cc2)C1)NCc1ccco1. The quantitative estimate of drug-likeness (QED) is 0.868. The van der Waals surface area contributed by atoms with Crippen molar-refractivity contribution in [2.45, 2.75) is 12.6 Å². The lowest BCUT2D eigenvalue weighted by molar-refractivity contribution is -0.124. The summed E-state index contributed by atoms with van der Waals surface area (Å²) in [6.45, 7) is 2.91. The molecule has 5 nitrogen and oxygen atoms in total. The van der Waals surface area contributed by atoms with Crippen LogP contribution in [0.15, 0.2) is 51.6 Å². The lowest BCUT2D eigenvalue weighted by atomic mass is 10.1. The summed E-state index contributed by atoms with van der Waals surface area (Å²) in [6, 6.07) is 11.8. The molecule has 1 N–H and O–H groups in total. The minimum atomic E-state index is -0.00199. The highest BCUT2D eigenvalue weighted by Gasteiger charge is 2.23. The first-order chi connectivity index (χ1) is 11.2. The second-order valence-electron chi connectivity index (χ2n) is 5.50. The van der Waals surface area contributed by atoms with Crippen LogP contribution < -0.4 is 5.32 Å². The van der Waals surface area contributed by atoms with Crippen molar-refractivity contribution < 1.29 is 13.9 Å². The Morgan fingerprint density at radius 2 is 2.13 bits per heavy atom. The number of carbonyl (C=O) groups excluding carboxylic acids is 1. The average Bonchev–Trinajstić information content (AvgIpc) is 3.07. The van der Waals surface area contributed by atoms with Crippen LogP contribution in [-0.4, -0.2) is 37.0 Å². The highest BCUT2D eigenvalue weighted by atomic mass is 79.9. The molecular weight excluding hydrogens is 360 g/mol. The van der Waals surface area contributed by atoms with Crippen LogP contribution in [0.4, 0.5) is 0 Å². The Bertz CT molecular complexity index is 628. The zero-order valence-electron chi connectivity index (χ0n) is 12.7. The predicted molar refractivity (Wildman–Crippen MR) is 89.8 cm³/mol. The van der Waals surface area contributed by atoms with E-state index in [9.17, 15) is 4.79 Å². The van der Waals surface area contributed by atoms with E-state index in [4.69, 9.17) is 9.15 Å². The number of furan rings is 1. The third-order valence-corrected chi connectivity index (χ3v) is 4.33. The number of nitrogens with zero attached hydrogens (tertiary/aromatic N) is 1. The molecule has 0 radical (unpaired) electrons. The Kier molecular flexibility index (Phi) is 5.48. The molecule has 0 bridgehead atoms. The molecule has 23 heavy (non-hydrogen) atoms. The van der Waals surface area contributed by atoms with E-state index in [2.05, 4.69) is 38.3 Å². The van der Waals surface area contributed by atoms with Crippen LogP contribution in [0, 0.1) is 0 Å². The number of nitrogens with one attached hydrogen (secondary N) is 1. The van der Waals surface area contributed by atoms with E-state index in [1.807, 2.05) is 24.3 Å². The van der Waals surface area contributed by atoms with E-state index in [1.165, 1.54) is 0 Å². The van der Waals surface area contributed by atoms with Gasteiger partial charge in [0.05, 0.1) is 32.1 Å². The highest BCUT2D eigenvalue weighted by Crippen LogP contribution is 2.23. The van der Waals surface area contributed by atoms with E-state index in [0.717, 1.165) is 28.9 Å². The first kappa shape index (κ1) is 16.2. The fourth-order valence-corrected chi connectivity index (χ4v) is 2.85. The van der Waals surface area contributed by atoms with E-state index in [-0.39, 0.29) is 12.0 Å². The second kappa shape index (κ2) is 7.77. The Hall–Kier alpha value is -1.63. The van der Waals surface area contributed by atoms with Crippen molar-refractivity contribution >= 4 is 21.8 Å². The van der Waals surface area contributed by atoms with Crippen molar-refractivity contribution in [2.75, 3.05) is 26.2 Å². The van der Waals surface area contributed by atoms with E-state index < -0.39 is 0 Å². The van der Waals surface area contributed by atoms with Crippen LogP contribution in [0.5, 0.6) is 0 Å². The number of hydrogen-bond donors (Lipinski definition) is 1. The van der Waals surface area contributed by atoms with Gasteiger partial charge < -0.3 is 14.5 Å². The first-order valence-corrected chi connectivity index (χ1v) is 8.38. The number of halogens is 1. The Morgan fingerprint density at radius 3 is 2.87 bits per heavy atom. The molecule has 0 spiro atoms. The van der Waals surface area contributed by atoms with Gasteiger partial charge in [-0.3, -0.25) is 9.69 Å². The summed E-state index contributed by atoms with van der Waals surface area (Å²) in [4.78, 5) is 14.2. The third-order valence-electron chi connectivity index (χ3n) is 3.80. The molecule has 1 fully saturated rings. The lowest BCUT2D eigenvalue weighted by Gasteiger charge is -2.32. The molecule has 1 aliphatic rings. The minimum Gasteiger partial charge on any atom is -0.467 e. The molecule has 1 unspecified atom stereocenters. The zero-order chi connectivity index (χ0) is 16.1. The van der Waals surface area contributed by atoms with Gasteiger partial charge in [-0.2, -0.15) is 0 Å². The van der Waals surface area contributed by atoms with Gasteiger partial charge in [0.25, 0.3) is 0 Å². The summed E-state index contributed by atoms with van der Waals surface area (Å²) >= 11 is 3.44. The standard InChI is InChI=1S/C17H19BrN2O3/c18-14-5-3-13(4-6-14)16-11-20(7-9-23-16)12-17(21)19-10-15-2-1-8-22-15/h1-6,8,16H,7,9-12H2,(H,19,21). The summed E-state index contributed by atoms with van der Waals surface area (Å²) < 4.78 is 12.1. The van der Waals surface area contributed by atoms with E-state index in [0.29, 0.717) is 19.7 Å². The fourth-order valence-electron chi connectivity index (χ4n) is 2.58. The number of benzene rings is 1. The molecule has 122 valence electrons. The van der Waals surface area contributed by atoms with Gasteiger partial charge in [-0.15, -0.1) is 0 Å². The number of morpholine rings is 1. The van der Waals surface area contributed by atoms with Crippen molar-refractivity contribution in [1.29, 1.82) is 0 Å². The monoisotopic (exact) mass is 378 g/mol.